The van der Waals surface area contributed by atoms with Gasteiger partial charge in [-0.1, -0.05) is 19.9 Å². The molecule has 1 fully saturated rings. The zero-order valence-corrected chi connectivity index (χ0v) is 11.7. The number of hydrogen-bond donors (Lipinski definition) is 1. The highest BCUT2D eigenvalue weighted by atomic mass is 32.2. The molecule has 1 aliphatic rings. The van der Waals surface area contributed by atoms with Gasteiger partial charge in [-0.05, 0) is 30.0 Å². The Bertz CT molecular complexity index is 586. The molecule has 1 aromatic carbocycles. The summed E-state index contributed by atoms with van der Waals surface area (Å²) in [6.07, 6.45) is 0. The van der Waals surface area contributed by atoms with Crippen molar-refractivity contribution in [3.05, 3.63) is 29.8 Å². The molecule has 5 nitrogen and oxygen atoms in total. The molecule has 0 aliphatic carbocycles. The summed E-state index contributed by atoms with van der Waals surface area (Å²) in [6, 6.07) is 5.50. The van der Waals surface area contributed by atoms with Gasteiger partial charge in [0.15, 0.2) is 0 Å². The molecular weight excluding hydrogens is 266 g/mol. The molecule has 1 N–H and O–H groups in total. The van der Waals surface area contributed by atoms with Gasteiger partial charge in [0.2, 0.25) is 10.0 Å². The van der Waals surface area contributed by atoms with E-state index in [2.05, 4.69) is 0 Å². The number of aromatic carboxylic acids is 1. The standard InChI is InChI=1S/C13H17NO4S/c1-9-7-14(8-10(9)2)19(17,18)12-5-3-4-11(6-12)13(15)16/h3-6,9-10H,7-8H2,1-2H3,(H,15,16). The zero-order chi connectivity index (χ0) is 14.2. The number of benzene rings is 1. The summed E-state index contributed by atoms with van der Waals surface area (Å²) in [5.74, 6) is -0.491. The molecule has 1 aromatic rings. The van der Waals surface area contributed by atoms with E-state index in [4.69, 9.17) is 5.11 Å². The molecule has 2 rings (SSSR count). The number of carboxylic acids is 1. The molecule has 0 saturated carbocycles. The molecule has 6 heteroatoms. The number of carboxylic acid groups (broad SMARTS) is 1. The Morgan fingerprint density at radius 1 is 1.26 bits per heavy atom. The second-order valence-corrected chi connectivity index (χ2v) is 7.05. The highest BCUT2D eigenvalue weighted by molar-refractivity contribution is 7.89. The van der Waals surface area contributed by atoms with Crippen LogP contribution in [0, 0.1) is 11.8 Å². The summed E-state index contributed by atoms with van der Waals surface area (Å²) < 4.78 is 26.3. The molecule has 2 atom stereocenters. The molecule has 2 unspecified atom stereocenters. The lowest BCUT2D eigenvalue weighted by molar-refractivity contribution is 0.0696. The molecule has 1 aliphatic heterocycles. The first-order chi connectivity index (χ1) is 8.82. The third kappa shape index (κ3) is 2.64. The SMILES string of the molecule is CC1CN(S(=O)(=O)c2cccc(C(=O)O)c2)CC1C. The largest absolute Gasteiger partial charge is 0.478 e. The smallest absolute Gasteiger partial charge is 0.335 e. The number of nitrogens with zero attached hydrogens (tertiary/aromatic N) is 1. The molecule has 0 aromatic heterocycles. The minimum absolute atomic E-state index is 0.0126. The Labute approximate surface area is 112 Å². The molecule has 1 heterocycles. The van der Waals surface area contributed by atoms with Crippen molar-refractivity contribution < 1.29 is 18.3 Å². The quantitative estimate of drug-likeness (QED) is 0.915. The fourth-order valence-electron chi connectivity index (χ4n) is 2.21. The first-order valence-corrected chi connectivity index (χ1v) is 7.60. The fourth-order valence-corrected chi connectivity index (χ4v) is 3.90. The minimum atomic E-state index is -3.59. The van der Waals surface area contributed by atoms with Crippen molar-refractivity contribution in [3.63, 3.8) is 0 Å². The van der Waals surface area contributed by atoms with E-state index in [9.17, 15) is 13.2 Å². The van der Waals surface area contributed by atoms with E-state index in [1.165, 1.54) is 28.6 Å². The number of rotatable bonds is 3. The monoisotopic (exact) mass is 283 g/mol. The minimum Gasteiger partial charge on any atom is -0.478 e. The van der Waals surface area contributed by atoms with Crippen molar-refractivity contribution in [3.8, 4) is 0 Å². The van der Waals surface area contributed by atoms with Gasteiger partial charge in [-0.3, -0.25) is 0 Å². The Morgan fingerprint density at radius 3 is 2.37 bits per heavy atom. The van der Waals surface area contributed by atoms with Crippen LogP contribution in [-0.2, 0) is 10.0 Å². The lowest BCUT2D eigenvalue weighted by atomic mass is 10.0. The first-order valence-electron chi connectivity index (χ1n) is 6.16. The topological polar surface area (TPSA) is 74.7 Å². The molecule has 104 valence electrons. The molecular formula is C13H17NO4S. The van der Waals surface area contributed by atoms with Crippen LogP contribution in [0.1, 0.15) is 24.2 Å². The van der Waals surface area contributed by atoms with Crippen LogP contribution in [0.4, 0.5) is 0 Å². The molecule has 0 amide bonds. The summed E-state index contributed by atoms with van der Waals surface area (Å²) in [5.41, 5.74) is -0.0126. The predicted octanol–water partition coefficient (Wildman–Crippen LogP) is 1.66. The maximum absolute atomic E-state index is 12.4. The summed E-state index contributed by atoms with van der Waals surface area (Å²) in [4.78, 5) is 10.9. The van der Waals surface area contributed by atoms with Crippen molar-refractivity contribution >= 4 is 16.0 Å². The Kier molecular flexibility index (Phi) is 3.64. The van der Waals surface area contributed by atoms with E-state index in [1.54, 1.807) is 0 Å². The number of hydrogen-bond acceptors (Lipinski definition) is 3. The van der Waals surface area contributed by atoms with Gasteiger partial charge in [0.25, 0.3) is 0 Å². The van der Waals surface area contributed by atoms with E-state index < -0.39 is 16.0 Å². The lowest BCUT2D eigenvalue weighted by Crippen LogP contribution is -2.29. The van der Waals surface area contributed by atoms with E-state index >= 15 is 0 Å². The van der Waals surface area contributed by atoms with E-state index in [0.29, 0.717) is 24.9 Å². The highest BCUT2D eigenvalue weighted by Gasteiger charge is 2.35. The van der Waals surface area contributed by atoms with Crippen molar-refractivity contribution in [2.75, 3.05) is 13.1 Å². The highest BCUT2D eigenvalue weighted by Crippen LogP contribution is 2.28. The normalized spacial score (nSPS) is 24.5. The summed E-state index contributed by atoms with van der Waals surface area (Å²) >= 11 is 0. The molecule has 0 spiro atoms. The lowest BCUT2D eigenvalue weighted by Gasteiger charge is -2.16. The van der Waals surface area contributed by atoms with Crippen LogP contribution < -0.4 is 0 Å². The van der Waals surface area contributed by atoms with Crippen LogP contribution in [0.2, 0.25) is 0 Å². The van der Waals surface area contributed by atoms with Crippen LogP contribution >= 0.6 is 0 Å². The molecule has 19 heavy (non-hydrogen) atoms. The van der Waals surface area contributed by atoms with Crippen LogP contribution in [0.15, 0.2) is 29.2 Å². The Hall–Kier alpha value is -1.40. The average molecular weight is 283 g/mol. The zero-order valence-electron chi connectivity index (χ0n) is 10.9. The number of sulfonamides is 1. The Morgan fingerprint density at radius 2 is 1.84 bits per heavy atom. The third-order valence-corrected chi connectivity index (χ3v) is 5.50. The summed E-state index contributed by atoms with van der Waals surface area (Å²) in [6.45, 7) is 5.02. The maximum Gasteiger partial charge on any atom is 0.335 e. The van der Waals surface area contributed by atoms with Crippen molar-refractivity contribution in [2.24, 2.45) is 11.8 Å². The van der Waals surface area contributed by atoms with Crippen molar-refractivity contribution in [1.82, 2.24) is 4.31 Å². The van der Waals surface area contributed by atoms with Gasteiger partial charge in [0.1, 0.15) is 0 Å². The van der Waals surface area contributed by atoms with Crippen molar-refractivity contribution in [2.45, 2.75) is 18.7 Å². The van der Waals surface area contributed by atoms with Gasteiger partial charge >= 0.3 is 5.97 Å². The van der Waals surface area contributed by atoms with Gasteiger partial charge in [0.05, 0.1) is 10.5 Å². The van der Waals surface area contributed by atoms with Gasteiger partial charge in [-0.15, -0.1) is 0 Å². The van der Waals surface area contributed by atoms with Crippen LogP contribution in [-0.4, -0.2) is 36.9 Å². The maximum atomic E-state index is 12.4. The predicted molar refractivity (Wildman–Crippen MR) is 70.5 cm³/mol. The van der Waals surface area contributed by atoms with Crippen molar-refractivity contribution in [1.29, 1.82) is 0 Å². The summed E-state index contributed by atoms with van der Waals surface area (Å²) in [5, 5.41) is 8.92. The number of carbonyl (C=O) groups is 1. The third-order valence-electron chi connectivity index (χ3n) is 3.67. The van der Waals surface area contributed by atoms with Crippen LogP contribution in [0.25, 0.3) is 0 Å². The van der Waals surface area contributed by atoms with Crippen LogP contribution in [0.5, 0.6) is 0 Å². The second kappa shape index (κ2) is 4.94. The molecule has 0 bridgehead atoms. The summed E-state index contributed by atoms with van der Waals surface area (Å²) in [7, 11) is -3.59. The average Bonchev–Trinajstić information content (AvgIpc) is 2.70. The van der Waals surface area contributed by atoms with Gasteiger partial charge in [-0.25, -0.2) is 13.2 Å². The van der Waals surface area contributed by atoms with E-state index in [0.717, 1.165) is 0 Å². The second-order valence-electron chi connectivity index (χ2n) is 5.11. The van der Waals surface area contributed by atoms with E-state index in [-0.39, 0.29) is 10.5 Å². The van der Waals surface area contributed by atoms with Gasteiger partial charge < -0.3 is 5.11 Å². The van der Waals surface area contributed by atoms with Gasteiger partial charge in [-0.2, -0.15) is 4.31 Å². The molecule has 0 radical (unpaired) electrons. The molecule has 1 saturated heterocycles. The first kappa shape index (κ1) is 14.0. The van der Waals surface area contributed by atoms with Gasteiger partial charge in [0, 0.05) is 13.1 Å². The van der Waals surface area contributed by atoms with E-state index in [1.807, 2.05) is 13.8 Å². The fraction of sp³-hybridized carbons (Fsp3) is 0.462. The Balaban J connectivity index is 2.35. The van der Waals surface area contributed by atoms with Crippen LogP contribution in [0.3, 0.4) is 0 Å².